The van der Waals surface area contributed by atoms with E-state index >= 15 is 0 Å². The summed E-state index contributed by atoms with van der Waals surface area (Å²) in [6.07, 6.45) is 1.84. The Bertz CT molecular complexity index is 304. The van der Waals surface area contributed by atoms with Gasteiger partial charge in [-0.1, -0.05) is 0 Å². The zero-order valence-corrected chi connectivity index (χ0v) is 8.44. The second-order valence-electron chi connectivity index (χ2n) is 3.58. The third-order valence-electron chi connectivity index (χ3n) is 2.46. The molecule has 1 aliphatic heterocycles. The summed E-state index contributed by atoms with van der Waals surface area (Å²) in [5.41, 5.74) is 5.61. The second-order valence-corrected chi connectivity index (χ2v) is 3.58. The molecular formula is C9H16N4O. The molecule has 0 amide bonds. The maximum absolute atomic E-state index is 5.61. The number of aryl methyl sites for hydroxylation is 1. The van der Waals surface area contributed by atoms with Crippen LogP contribution in [0.3, 0.4) is 0 Å². The highest BCUT2D eigenvalue weighted by atomic mass is 16.5. The first-order chi connectivity index (χ1) is 6.75. The fraction of sp³-hybridized carbons (Fsp3) is 0.667. The van der Waals surface area contributed by atoms with Crippen LogP contribution in [-0.4, -0.2) is 40.8 Å². The Morgan fingerprint density at radius 1 is 1.50 bits per heavy atom. The van der Waals surface area contributed by atoms with Crippen LogP contribution in [0.15, 0.2) is 6.20 Å². The molecule has 1 aromatic heterocycles. The van der Waals surface area contributed by atoms with Gasteiger partial charge in [0.15, 0.2) is 0 Å². The molecule has 14 heavy (non-hydrogen) atoms. The minimum atomic E-state index is 0.593. The van der Waals surface area contributed by atoms with Gasteiger partial charge in [-0.3, -0.25) is 4.90 Å². The summed E-state index contributed by atoms with van der Waals surface area (Å²) in [4.78, 5) is 6.59. The lowest BCUT2D eigenvalue weighted by Crippen LogP contribution is -2.36. The van der Waals surface area contributed by atoms with Gasteiger partial charge in [0.25, 0.3) is 0 Å². The van der Waals surface area contributed by atoms with Crippen LogP contribution in [0.1, 0.15) is 5.82 Å². The summed E-state index contributed by atoms with van der Waals surface area (Å²) < 4.78 is 7.26. The van der Waals surface area contributed by atoms with Gasteiger partial charge in [0.1, 0.15) is 11.6 Å². The number of hydrogen-bond acceptors (Lipinski definition) is 4. The quantitative estimate of drug-likeness (QED) is 0.713. The molecule has 0 bridgehead atoms. The molecule has 0 aromatic carbocycles. The van der Waals surface area contributed by atoms with Crippen LogP contribution in [0.2, 0.25) is 0 Å². The minimum Gasteiger partial charge on any atom is -0.382 e. The molecule has 1 saturated heterocycles. The van der Waals surface area contributed by atoms with Crippen LogP contribution in [0.5, 0.6) is 0 Å². The monoisotopic (exact) mass is 196 g/mol. The standard InChI is InChI=1S/C9H16N4O/c1-12-6-8(10)11-9(12)7-13-2-4-14-5-3-13/h6H,2-5,7,10H2,1H3. The Labute approximate surface area is 83.5 Å². The molecule has 0 atom stereocenters. The maximum Gasteiger partial charge on any atom is 0.141 e. The maximum atomic E-state index is 5.61. The Kier molecular flexibility index (Phi) is 2.69. The van der Waals surface area contributed by atoms with Crippen molar-refractivity contribution < 1.29 is 4.74 Å². The molecule has 0 aliphatic carbocycles. The second kappa shape index (κ2) is 3.98. The zero-order chi connectivity index (χ0) is 9.97. The van der Waals surface area contributed by atoms with E-state index in [0.29, 0.717) is 5.82 Å². The number of anilines is 1. The van der Waals surface area contributed by atoms with E-state index in [9.17, 15) is 0 Å². The van der Waals surface area contributed by atoms with Gasteiger partial charge in [-0.15, -0.1) is 0 Å². The van der Waals surface area contributed by atoms with Crippen molar-refractivity contribution in [3.63, 3.8) is 0 Å². The summed E-state index contributed by atoms with van der Waals surface area (Å²) in [5.74, 6) is 1.61. The van der Waals surface area contributed by atoms with Crippen LogP contribution in [0.4, 0.5) is 5.82 Å². The normalized spacial score (nSPS) is 18.6. The molecular weight excluding hydrogens is 180 g/mol. The van der Waals surface area contributed by atoms with Gasteiger partial charge in [-0.2, -0.15) is 0 Å². The van der Waals surface area contributed by atoms with E-state index in [2.05, 4.69) is 9.88 Å². The number of nitrogens with zero attached hydrogens (tertiary/aromatic N) is 3. The van der Waals surface area contributed by atoms with E-state index in [1.807, 2.05) is 17.8 Å². The molecule has 1 fully saturated rings. The highest BCUT2D eigenvalue weighted by Gasteiger charge is 2.13. The highest BCUT2D eigenvalue weighted by molar-refractivity contribution is 5.25. The van der Waals surface area contributed by atoms with Crippen LogP contribution < -0.4 is 5.73 Å². The third kappa shape index (κ3) is 2.05. The largest absolute Gasteiger partial charge is 0.382 e. The molecule has 1 aromatic rings. The van der Waals surface area contributed by atoms with Crippen LogP contribution in [-0.2, 0) is 18.3 Å². The lowest BCUT2D eigenvalue weighted by atomic mass is 10.4. The minimum absolute atomic E-state index is 0.593. The number of aromatic nitrogens is 2. The van der Waals surface area contributed by atoms with E-state index in [1.54, 1.807) is 0 Å². The molecule has 0 radical (unpaired) electrons. The van der Waals surface area contributed by atoms with E-state index in [1.165, 1.54) is 0 Å². The topological polar surface area (TPSA) is 56.3 Å². The number of nitrogens with two attached hydrogens (primary N) is 1. The van der Waals surface area contributed by atoms with Crippen molar-refractivity contribution in [2.24, 2.45) is 7.05 Å². The average molecular weight is 196 g/mol. The molecule has 0 spiro atoms. The van der Waals surface area contributed by atoms with Crippen molar-refractivity contribution in [1.82, 2.24) is 14.5 Å². The lowest BCUT2D eigenvalue weighted by Gasteiger charge is -2.25. The van der Waals surface area contributed by atoms with Crippen molar-refractivity contribution in [1.29, 1.82) is 0 Å². The molecule has 0 saturated carbocycles. The average Bonchev–Trinajstić information content (AvgIpc) is 2.47. The number of ether oxygens (including phenoxy) is 1. The predicted octanol–water partition coefficient (Wildman–Crippen LogP) is -0.165. The Balaban J connectivity index is 1.98. The fourth-order valence-corrected chi connectivity index (χ4v) is 1.64. The van der Waals surface area contributed by atoms with E-state index in [0.717, 1.165) is 38.7 Å². The van der Waals surface area contributed by atoms with Gasteiger partial charge in [0.05, 0.1) is 19.8 Å². The Morgan fingerprint density at radius 3 is 2.79 bits per heavy atom. The summed E-state index contributed by atoms with van der Waals surface area (Å²) in [6, 6.07) is 0. The van der Waals surface area contributed by atoms with Gasteiger partial charge in [-0.25, -0.2) is 4.98 Å². The van der Waals surface area contributed by atoms with Gasteiger partial charge in [0.2, 0.25) is 0 Å². The smallest absolute Gasteiger partial charge is 0.141 e. The first-order valence-electron chi connectivity index (χ1n) is 4.83. The first kappa shape index (κ1) is 9.48. The number of hydrogen-bond donors (Lipinski definition) is 1. The zero-order valence-electron chi connectivity index (χ0n) is 8.44. The van der Waals surface area contributed by atoms with Gasteiger partial charge in [0, 0.05) is 26.3 Å². The molecule has 2 heterocycles. The molecule has 2 rings (SSSR count). The molecule has 78 valence electrons. The fourth-order valence-electron chi connectivity index (χ4n) is 1.64. The van der Waals surface area contributed by atoms with E-state index in [4.69, 9.17) is 10.5 Å². The van der Waals surface area contributed by atoms with Crippen molar-refractivity contribution in [3.8, 4) is 0 Å². The summed E-state index contributed by atoms with van der Waals surface area (Å²) in [5, 5.41) is 0. The molecule has 1 aliphatic rings. The van der Waals surface area contributed by atoms with Crippen LogP contribution in [0, 0.1) is 0 Å². The molecule has 5 heteroatoms. The summed E-state index contributed by atoms with van der Waals surface area (Å²) in [7, 11) is 1.97. The molecule has 2 N–H and O–H groups in total. The van der Waals surface area contributed by atoms with Gasteiger partial charge < -0.3 is 15.0 Å². The predicted molar refractivity (Wildman–Crippen MR) is 53.7 cm³/mol. The van der Waals surface area contributed by atoms with Crippen molar-refractivity contribution in [3.05, 3.63) is 12.0 Å². The first-order valence-corrected chi connectivity index (χ1v) is 4.83. The lowest BCUT2D eigenvalue weighted by molar-refractivity contribution is 0.0327. The molecule has 5 nitrogen and oxygen atoms in total. The number of rotatable bonds is 2. The summed E-state index contributed by atoms with van der Waals surface area (Å²) in [6.45, 7) is 4.45. The van der Waals surface area contributed by atoms with Crippen LogP contribution >= 0.6 is 0 Å². The van der Waals surface area contributed by atoms with Crippen molar-refractivity contribution >= 4 is 5.82 Å². The third-order valence-corrected chi connectivity index (χ3v) is 2.46. The van der Waals surface area contributed by atoms with Crippen LogP contribution in [0.25, 0.3) is 0 Å². The number of morpholine rings is 1. The Hall–Kier alpha value is -1.07. The van der Waals surface area contributed by atoms with Gasteiger partial charge in [-0.05, 0) is 0 Å². The number of imidazole rings is 1. The summed E-state index contributed by atoms with van der Waals surface area (Å²) >= 11 is 0. The Morgan fingerprint density at radius 2 is 2.21 bits per heavy atom. The van der Waals surface area contributed by atoms with E-state index in [-0.39, 0.29) is 0 Å². The highest BCUT2D eigenvalue weighted by Crippen LogP contribution is 2.07. The van der Waals surface area contributed by atoms with Gasteiger partial charge >= 0.3 is 0 Å². The van der Waals surface area contributed by atoms with Crippen molar-refractivity contribution in [2.45, 2.75) is 6.54 Å². The van der Waals surface area contributed by atoms with E-state index < -0.39 is 0 Å². The molecule has 0 unspecified atom stereocenters. The SMILES string of the molecule is Cn1cc(N)nc1CN1CCOCC1. The van der Waals surface area contributed by atoms with Crippen molar-refractivity contribution in [2.75, 3.05) is 32.0 Å². The number of nitrogen functional groups attached to an aromatic ring is 1.